The van der Waals surface area contributed by atoms with Crippen LogP contribution in [0.25, 0.3) is 0 Å². The zero-order chi connectivity index (χ0) is 9.14. The van der Waals surface area contributed by atoms with Crippen molar-refractivity contribution in [2.75, 3.05) is 0 Å². The van der Waals surface area contributed by atoms with E-state index in [1.807, 2.05) is 0 Å². The van der Waals surface area contributed by atoms with E-state index in [4.69, 9.17) is 0 Å². The average molecular weight is 166 g/mol. The fourth-order valence-corrected chi connectivity index (χ4v) is 2.45. The van der Waals surface area contributed by atoms with E-state index < -0.39 is 0 Å². The molecule has 0 heterocycles. The van der Waals surface area contributed by atoms with Crippen LogP contribution >= 0.6 is 0 Å². The van der Waals surface area contributed by atoms with Gasteiger partial charge in [-0.3, -0.25) is 0 Å². The molecular formula is C12H22. The first-order valence-electron chi connectivity index (χ1n) is 5.26. The van der Waals surface area contributed by atoms with Gasteiger partial charge in [0.1, 0.15) is 0 Å². The number of rotatable bonds is 2. The fraction of sp³-hybridized carbons (Fsp3) is 0.833. The number of hydrogen-bond acceptors (Lipinski definition) is 0. The second kappa shape index (κ2) is 4.11. The van der Waals surface area contributed by atoms with Crippen LogP contribution in [0.2, 0.25) is 0 Å². The van der Waals surface area contributed by atoms with Gasteiger partial charge in [0.15, 0.2) is 0 Å². The van der Waals surface area contributed by atoms with Crippen LogP contribution in [0.3, 0.4) is 0 Å². The van der Waals surface area contributed by atoms with Crippen LogP contribution in [-0.4, -0.2) is 0 Å². The summed E-state index contributed by atoms with van der Waals surface area (Å²) in [5.41, 5.74) is 0. The molecular weight excluding hydrogens is 144 g/mol. The van der Waals surface area contributed by atoms with Crippen LogP contribution in [0.1, 0.15) is 40.0 Å². The SMILES string of the molecule is C=CC1CC(C)CC(C(C)C)C1. The molecule has 0 spiro atoms. The molecule has 0 saturated heterocycles. The average Bonchev–Trinajstić information content (AvgIpc) is 2.03. The highest BCUT2D eigenvalue weighted by Gasteiger charge is 2.26. The van der Waals surface area contributed by atoms with Gasteiger partial charge < -0.3 is 0 Å². The molecule has 3 atom stereocenters. The highest BCUT2D eigenvalue weighted by Crippen LogP contribution is 2.37. The minimum absolute atomic E-state index is 0.793. The van der Waals surface area contributed by atoms with Crippen LogP contribution in [0.15, 0.2) is 12.7 Å². The molecule has 1 rings (SSSR count). The Morgan fingerprint density at radius 3 is 2.42 bits per heavy atom. The molecule has 1 fully saturated rings. The molecule has 0 heteroatoms. The third-order valence-electron chi connectivity index (χ3n) is 3.29. The summed E-state index contributed by atoms with van der Waals surface area (Å²) in [6, 6.07) is 0. The summed E-state index contributed by atoms with van der Waals surface area (Å²) in [6.07, 6.45) is 6.34. The summed E-state index contributed by atoms with van der Waals surface area (Å²) in [5, 5.41) is 0. The largest absolute Gasteiger partial charge is 0.103 e. The summed E-state index contributed by atoms with van der Waals surface area (Å²) in [7, 11) is 0. The lowest BCUT2D eigenvalue weighted by Gasteiger charge is -2.34. The zero-order valence-corrected chi connectivity index (χ0v) is 8.72. The van der Waals surface area contributed by atoms with Gasteiger partial charge in [0.2, 0.25) is 0 Å². The third kappa shape index (κ3) is 2.36. The van der Waals surface area contributed by atoms with Gasteiger partial charge in [-0.1, -0.05) is 26.8 Å². The molecule has 0 amide bonds. The van der Waals surface area contributed by atoms with Crippen LogP contribution in [0, 0.1) is 23.7 Å². The van der Waals surface area contributed by atoms with Crippen molar-refractivity contribution in [3.05, 3.63) is 12.7 Å². The predicted octanol–water partition coefficient (Wildman–Crippen LogP) is 3.88. The molecule has 0 aromatic rings. The molecule has 0 aromatic heterocycles. The minimum Gasteiger partial charge on any atom is -0.103 e. The first-order chi connectivity index (χ1) is 5.63. The molecule has 0 nitrogen and oxygen atoms in total. The van der Waals surface area contributed by atoms with Gasteiger partial charge in [0, 0.05) is 0 Å². The summed E-state index contributed by atoms with van der Waals surface area (Å²) in [5.74, 6) is 3.50. The molecule has 0 N–H and O–H groups in total. The molecule has 0 aromatic carbocycles. The molecule has 12 heavy (non-hydrogen) atoms. The van der Waals surface area contributed by atoms with Crippen LogP contribution < -0.4 is 0 Å². The van der Waals surface area contributed by atoms with Gasteiger partial charge in [0.05, 0.1) is 0 Å². The Labute approximate surface area is 77.1 Å². The Kier molecular flexibility index (Phi) is 3.37. The summed E-state index contributed by atoms with van der Waals surface area (Å²) in [4.78, 5) is 0. The van der Waals surface area contributed by atoms with Gasteiger partial charge in [0.25, 0.3) is 0 Å². The van der Waals surface area contributed by atoms with E-state index in [0.717, 1.165) is 23.7 Å². The Morgan fingerprint density at radius 2 is 1.92 bits per heavy atom. The number of hydrogen-bond donors (Lipinski definition) is 0. The lowest BCUT2D eigenvalue weighted by atomic mass is 9.72. The van der Waals surface area contributed by atoms with Crippen LogP contribution in [-0.2, 0) is 0 Å². The summed E-state index contributed by atoms with van der Waals surface area (Å²) in [6.45, 7) is 11.0. The van der Waals surface area contributed by atoms with E-state index in [9.17, 15) is 0 Å². The minimum atomic E-state index is 0.793. The lowest BCUT2D eigenvalue weighted by Crippen LogP contribution is -2.23. The van der Waals surface area contributed by atoms with Crippen molar-refractivity contribution in [3.8, 4) is 0 Å². The molecule has 0 bridgehead atoms. The van der Waals surface area contributed by atoms with Crippen molar-refractivity contribution < 1.29 is 0 Å². The maximum Gasteiger partial charge on any atom is -0.0231 e. The molecule has 1 aliphatic rings. The Hall–Kier alpha value is -0.260. The van der Waals surface area contributed by atoms with E-state index >= 15 is 0 Å². The topological polar surface area (TPSA) is 0 Å². The monoisotopic (exact) mass is 166 g/mol. The van der Waals surface area contributed by atoms with Gasteiger partial charge >= 0.3 is 0 Å². The van der Waals surface area contributed by atoms with Crippen molar-refractivity contribution in [2.45, 2.75) is 40.0 Å². The second-order valence-electron chi connectivity index (χ2n) is 4.81. The normalized spacial score (nSPS) is 36.8. The standard InChI is InChI=1S/C12H22/c1-5-11-6-10(4)7-12(8-11)9(2)3/h5,9-12H,1,6-8H2,2-4H3. The fourth-order valence-electron chi connectivity index (χ4n) is 2.45. The quantitative estimate of drug-likeness (QED) is 0.546. The smallest absolute Gasteiger partial charge is 0.0231 e. The van der Waals surface area contributed by atoms with Crippen LogP contribution in [0.4, 0.5) is 0 Å². The molecule has 70 valence electrons. The van der Waals surface area contributed by atoms with E-state index in [1.165, 1.54) is 19.3 Å². The van der Waals surface area contributed by atoms with Crippen LogP contribution in [0.5, 0.6) is 0 Å². The second-order valence-corrected chi connectivity index (χ2v) is 4.81. The molecule has 3 unspecified atom stereocenters. The number of allylic oxidation sites excluding steroid dienone is 1. The lowest BCUT2D eigenvalue weighted by molar-refractivity contribution is 0.191. The van der Waals surface area contributed by atoms with Crippen molar-refractivity contribution >= 4 is 0 Å². The van der Waals surface area contributed by atoms with Gasteiger partial charge in [-0.15, -0.1) is 6.58 Å². The highest BCUT2D eigenvalue weighted by atomic mass is 14.3. The molecule has 0 aliphatic heterocycles. The Balaban J connectivity index is 2.50. The Bertz CT molecular complexity index is 146. The predicted molar refractivity (Wildman–Crippen MR) is 55.0 cm³/mol. The molecule has 1 saturated carbocycles. The molecule has 0 radical (unpaired) electrons. The van der Waals surface area contributed by atoms with E-state index in [0.29, 0.717) is 0 Å². The van der Waals surface area contributed by atoms with E-state index in [2.05, 4.69) is 33.4 Å². The van der Waals surface area contributed by atoms with Crippen molar-refractivity contribution in [1.29, 1.82) is 0 Å². The third-order valence-corrected chi connectivity index (χ3v) is 3.29. The van der Waals surface area contributed by atoms with E-state index in [1.54, 1.807) is 0 Å². The maximum absolute atomic E-state index is 3.91. The highest BCUT2D eigenvalue weighted by molar-refractivity contribution is 4.87. The van der Waals surface area contributed by atoms with Gasteiger partial charge in [-0.2, -0.15) is 0 Å². The summed E-state index contributed by atoms with van der Waals surface area (Å²) < 4.78 is 0. The van der Waals surface area contributed by atoms with Crippen molar-refractivity contribution in [2.24, 2.45) is 23.7 Å². The van der Waals surface area contributed by atoms with Gasteiger partial charge in [-0.05, 0) is 42.9 Å². The zero-order valence-electron chi connectivity index (χ0n) is 8.72. The van der Waals surface area contributed by atoms with Crippen molar-refractivity contribution in [3.63, 3.8) is 0 Å². The Morgan fingerprint density at radius 1 is 1.25 bits per heavy atom. The summed E-state index contributed by atoms with van der Waals surface area (Å²) >= 11 is 0. The van der Waals surface area contributed by atoms with Crippen molar-refractivity contribution in [1.82, 2.24) is 0 Å². The molecule has 1 aliphatic carbocycles. The first kappa shape index (κ1) is 9.83. The maximum atomic E-state index is 3.91. The first-order valence-corrected chi connectivity index (χ1v) is 5.26. The van der Waals surface area contributed by atoms with E-state index in [-0.39, 0.29) is 0 Å². The van der Waals surface area contributed by atoms with Gasteiger partial charge in [-0.25, -0.2) is 0 Å².